The van der Waals surface area contributed by atoms with Gasteiger partial charge in [0.15, 0.2) is 0 Å². The van der Waals surface area contributed by atoms with Crippen LogP contribution in [0.4, 0.5) is 0 Å². The number of carbonyl (C=O) groups excluding carboxylic acids is 2. The summed E-state index contributed by atoms with van der Waals surface area (Å²) in [7, 11) is 0. The fraction of sp³-hybridized carbons (Fsp3) is 0.478. The van der Waals surface area contributed by atoms with E-state index in [1.54, 1.807) is 11.8 Å². The maximum absolute atomic E-state index is 13.4. The third-order valence-electron chi connectivity index (χ3n) is 7.82. The number of likely N-dealkylation sites (tertiary alicyclic amines) is 1. The number of nitrogens with zero attached hydrogens (tertiary/aromatic N) is 1. The van der Waals surface area contributed by atoms with E-state index in [0.29, 0.717) is 5.02 Å². The number of halogens is 1. The number of carboxylic acids is 1. The second kappa shape index (κ2) is 7.71. The van der Waals surface area contributed by atoms with Crippen LogP contribution >= 0.6 is 34.7 Å². The van der Waals surface area contributed by atoms with Gasteiger partial charge in [-0.25, -0.2) is 0 Å². The van der Waals surface area contributed by atoms with Crippen molar-refractivity contribution in [2.24, 2.45) is 29.6 Å². The van der Waals surface area contributed by atoms with Crippen LogP contribution in [0.15, 0.2) is 34.1 Å². The molecule has 2 aliphatic heterocycles. The van der Waals surface area contributed by atoms with E-state index in [0.717, 1.165) is 21.9 Å². The van der Waals surface area contributed by atoms with E-state index < -0.39 is 5.97 Å². The number of nitrogens with one attached hydrogen (secondary N) is 1. The van der Waals surface area contributed by atoms with Crippen molar-refractivity contribution in [3.05, 3.63) is 49.4 Å². The van der Waals surface area contributed by atoms with Gasteiger partial charge >= 0.3 is 10.8 Å². The van der Waals surface area contributed by atoms with Gasteiger partial charge < -0.3 is 10.1 Å². The summed E-state index contributed by atoms with van der Waals surface area (Å²) in [5.74, 6) is -1.64. The van der Waals surface area contributed by atoms with E-state index in [4.69, 9.17) is 16.7 Å². The first kappa shape index (κ1) is 21.4. The van der Waals surface area contributed by atoms with Gasteiger partial charge in [0.1, 0.15) is 0 Å². The Morgan fingerprint density at radius 1 is 1.12 bits per heavy atom. The number of carboxylic acid groups (broad SMARTS) is 1. The predicted molar refractivity (Wildman–Crippen MR) is 124 cm³/mol. The third kappa shape index (κ3) is 3.15. The van der Waals surface area contributed by atoms with Crippen molar-refractivity contribution < 1.29 is 19.5 Å². The first-order valence-corrected chi connectivity index (χ1v) is 13.1. The van der Waals surface area contributed by atoms with Crippen LogP contribution in [0.3, 0.4) is 0 Å². The lowest BCUT2D eigenvalue weighted by Gasteiger charge is -2.43. The van der Waals surface area contributed by atoms with Crippen molar-refractivity contribution in [3.8, 4) is 0 Å². The quantitative estimate of drug-likeness (QED) is 0.604. The highest BCUT2D eigenvalue weighted by Gasteiger charge is 2.69. The molecule has 6 rings (SSSR count). The van der Waals surface area contributed by atoms with Crippen molar-refractivity contribution in [3.63, 3.8) is 0 Å². The smallest absolute Gasteiger partial charge is 0.305 e. The number of thiazole rings is 1. The Bertz CT molecular complexity index is 1220. The zero-order valence-corrected chi connectivity index (χ0v) is 19.8. The van der Waals surface area contributed by atoms with Gasteiger partial charge in [0, 0.05) is 34.0 Å². The Morgan fingerprint density at radius 2 is 1.82 bits per heavy atom. The van der Waals surface area contributed by atoms with E-state index in [1.165, 1.54) is 16.2 Å². The molecule has 0 spiro atoms. The molecule has 7 nitrogen and oxygen atoms in total. The zero-order chi connectivity index (χ0) is 23.0. The highest BCUT2D eigenvalue weighted by molar-refractivity contribution is 8.00. The molecular formula is C23H21ClN2O5S2. The first-order valence-electron chi connectivity index (χ1n) is 11.1. The number of hydrogen-bond donors (Lipinski definition) is 2. The minimum Gasteiger partial charge on any atom is -0.481 e. The first-order chi connectivity index (χ1) is 15.8. The summed E-state index contributed by atoms with van der Waals surface area (Å²) >= 11 is 9.02. The Labute approximate surface area is 202 Å². The maximum atomic E-state index is 13.4. The Kier molecular flexibility index (Phi) is 5.01. The molecule has 2 saturated carbocycles. The van der Waals surface area contributed by atoms with Gasteiger partial charge in [-0.1, -0.05) is 35.1 Å². The molecule has 2 amide bonds. The van der Waals surface area contributed by atoms with Crippen LogP contribution < -0.4 is 4.87 Å². The second-order valence-corrected chi connectivity index (χ2v) is 12.0. The SMILES string of the molecule is O=C(O)CCCN1C(=O)[C@@H]2[C@H]3C[C@@H]([C@@H]2C1=O)[C@@H]1[C@@H](c2ccc(Cl)cc2)c2sc(=O)[nH]c2S[C@H]31. The van der Waals surface area contributed by atoms with Gasteiger partial charge in [-0.15, -0.1) is 11.8 Å². The maximum Gasteiger partial charge on any atom is 0.305 e. The molecule has 0 unspecified atom stereocenters. The molecule has 1 saturated heterocycles. The van der Waals surface area contributed by atoms with Crippen LogP contribution in [0.2, 0.25) is 5.02 Å². The molecule has 10 heteroatoms. The number of fused-ring (bicyclic) bond motifs is 9. The van der Waals surface area contributed by atoms with Crippen molar-refractivity contribution >= 4 is 52.5 Å². The number of carbonyl (C=O) groups is 3. The number of amides is 2. The summed E-state index contributed by atoms with van der Waals surface area (Å²) in [6, 6.07) is 7.70. The molecule has 2 aromatic rings. The summed E-state index contributed by atoms with van der Waals surface area (Å²) in [6.45, 7) is 0.167. The van der Waals surface area contributed by atoms with Crippen LogP contribution in [-0.4, -0.2) is 44.6 Å². The summed E-state index contributed by atoms with van der Waals surface area (Å²) in [5.41, 5.74) is 1.07. The van der Waals surface area contributed by atoms with E-state index in [9.17, 15) is 19.2 Å². The van der Waals surface area contributed by atoms with Gasteiger partial charge in [0.2, 0.25) is 11.8 Å². The number of aliphatic carboxylic acids is 1. The molecule has 3 fully saturated rings. The average molecular weight is 505 g/mol. The molecule has 2 N–H and O–H groups in total. The van der Waals surface area contributed by atoms with Gasteiger partial charge in [0.25, 0.3) is 0 Å². The van der Waals surface area contributed by atoms with Crippen molar-refractivity contribution in [2.45, 2.75) is 35.5 Å². The molecule has 0 radical (unpaired) electrons. The summed E-state index contributed by atoms with van der Waals surface area (Å²) in [4.78, 5) is 55.0. The van der Waals surface area contributed by atoms with Crippen LogP contribution in [-0.2, 0) is 14.4 Å². The lowest BCUT2D eigenvalue weighted by atomic mass is 9.68. The molecule has 7 atom stereocenters. The molecule has 33 heavy (non-hydrogen) atoms. The number of aromatic amines is 1. The largest absolute Gasteiger partial charge is 0.481 e. The number of hydrogen-bond acceptors (Lipinski definition) is 6. The average Bonchev–Trinajstić information content (AvgIpc) is 3.49. The Morgan fingerprint density at radius 3 is 2.52 bits per heavy atom. The number of aromatic nitrogens is 1. The Hall–Kier alpha value is -2.10. The van der Waals surface area contributed by atoms with Crippen molar-refractivity contribution in [1.29, 1.82) is 0 Å². The van der Waals surface area contributed by atoms with Gasteiger partial charge in [0.05, 0.1) is 16.9 Å². The Balaban J connectivity index is 1.37. The number of benzene rings is 1. The van der Waals surface area contributed by atoms with Crippen molar-refractivity contribution in [2.75, 3.05) is 6.54 Å². The van der Waals surface area contributed by atoms with E-state index in [2.05, 4.69) is 4.98 Å². The normalized spacial score (nSPS) is 33.8. The van der Waals surface area contributed by atoms with E-state index in [-0.39, 0.29) is 76.8 Å². The van der Waals surface area contributed by atoms with E-state index >= 15 is 0 Å². The fourth-order valence-electron chi connectivity index (χ4n) is 6.73. The van der Waals surface area contributed by atoms with Crippen LogP contribution in [0.5, 0.6) is 0 Å². The number of imide groups is 1. The van der Waals surface area contributed by atoms with Crippen LogP contribution in [0.25, 0.3) is 0 Å². The van der Waals surface area contributed by atoms with Crippen molar-refractivity contribution in [1.82, 2.24) is 9.88 Å². The third-order valence-corrected chi connectivity index (χ3v) is 10.7. The lowest BCUT2D eigenvalue weighted by molar-refractivity contribution is -0.142. The monoisotopic (exact) mass is 504 g/mol. The fourth-order valence-corrected chi connectivity index (χ4v) is 9.75. The molecule has 1 aromatic heterocycles. The molecule has 172 valence electrons. The van der Waals surface area contributed by atoms with E-state index in [1.807, 2.05) is 24.3 Å². The number of thioether (sulfide) groups is 1. The standard InChI is InChI=1S/C23H21ClN2O5S2/c24-10-5-3-9(4-6-10)14-15-11-8-12(18(15)32-20-19(14)33-23(31)25-20)17-16(11)21(29)26(22(17)30)7-1-2-13(27)28/h3-6,11-12,14-18H,1-2,7-8H2,(H,25,31)(H,27,28)/t11-,12-,14-,15-,16+,17-,18-/m1/s1. The lowest BCUT2D eigenvalue weighted by Crippen LogP contribution is -2.42. The molecule has 2 aliphatic carbocycles. The summed E-state index contributed by atoms with van der Waals surface area (Å²) < 4.78 is 0. The van der Waals surface area contributed by atoms with Gasteiger partial charge in [-0.3, -0.25) is 24.1 Å². The molecule has 3 heterocycles. The van der Waals surface area contributed by atoms with Crippen LogP contribution in [0.1, 0.15) is 35.6 Å². The summed E-state index contributed by atoms with van der Waals surface area (Å²) in [5, 5.41) is 10.6. The van der Waals surface area contributed by atoms with Gasteiger partial charge in [-0.05, 0) is 48.3 Å². The number of H-pyrrole nitrogens is 1. The summed E-state index contributed by atoms with van der Waals surface area (Å²) in [6.07, 6.45) is 1.04. The second-order valence-electron chi connectivity index (χ2n) is 9.34. The van der Waals surface area contributed by atoms with Gasteiger partial charge in [-0.2, -0.15) is 0 Å². The molecule has 1 aromatic carbocycles. The predicted octanol–water partition coefficient (Wildman–Crippen LogP) is 3.43. The minimum atomic E-state index is -0.928. The molecular weight excluding hydrogens is 484 g/mol. The number of rotatable bonds is 5. The topological polar surface area (TPSA) is 108 Å². The minimum absolute atomic E-state index is 0.0209. The van der Waals surface area contributed by atoms with Crippen LogP contribution in [0, 0.1) is 29.6 Å². The highest BCUT2D eigenvalue weighted by atomic mass is 35.5. The molecule has 4 aliphatic rings. The zero-order valence-electron chi connectivity index (χ0n) is 17.4. The highest BCUT2D eigenvalue weighted by Crippen LogP contribution is 2.68. The molecule has 2 bridgehead atoms.